The number of benzene rings is 2. The van der Waals surface area contributed by atoms with Crippen molar-refractivity contribution in [3.63, 3.8) is 0 Å². The maximum absolute atomic E-state index is 12.7. The van der Waals surface area contributed by atoms with E-state index in [1.165, 1.54) is 17.8 Å². The summed E-state index contributed by atoms with van der Waals surface area (Å²) in [5, 5.41) is 14.0. The molecule has 1 heterocycles. The topological polar surface area (TPSA) is 99.8 Å². The van der Waals surface area contributed by atoms with Crippen molar-refractivity contribution in [2.75, 3.05) is 11.1 Å². The Hall–Kier alpha value is -2.07. The number of aryl methyl sites for hydroxylation is 1. The van der Waals surface area contributed by atoms with Crippen LogP contribution in [0, 0.1) is 12.8 Å². The van der Waals surface area contributed by atoms with Crippen molar-refractivity contribution >= 4 is 68.4 Å². The standard InChI is InChI=1S/C22H22BrCl2N5O2S/c1-11(2)19(27-21(32)15-6-4-13(24)9-17(15)25)20-28-22(30-29-20)33-10-18(31)26-14-5-7-16(23)12(3)8-14/h4-9,11,19H,10H2,1-3H3,(H,26,31)(H,27,32)(H,28,29,30)/t19-/m1/s1. The average Bonchev–Trinajstić information content (AvgIpc) is 3.21. The summed E-state index contributed by atoms with van der Waals surface area (Å²) in [6, 6.07) is 9.88. The van der Waals surface area contributed by atoms with Crippen LogP contribution in [-0.2, 0) is 4.79 Å². The van der Waals surface area contributed by atoms with Crippen LogP contribution < -0.4 is 10.6 Å². The predicted octanol–water partition coefficient (Wildman–Crippen LogP) is 6.04. The first-order valence-corrected chi connectivity index (χ1v) is 12.5. The number of H-pyrrole nitrogens is 1. The Bertz CT molecular complexity index is 1170. The van der Waals surface area contributed by atoms with E-state index < -0.39 is 6.04 Å². The number of aromatic nitrogens is 3. The smallest absolute Gasteiger partial charge is 0.253 e. The lowest BCUT2D eigenvalue weighted by Crippen LogP contribution is -2.32. The molecule has 2 amide bonds. The molecule has 11 heteroatoms. The molecule has 0 spiro atoms. The number of anilines is 1. The zero-order valence-corrected chi connectivity index (χ0v) is 22.0. The highest BCUT2D eigenvalue weighted by Crippen LogP contribution is 2.25. The first-order valence-electron chi connectivity index (χ1n) is 10.0. The first kappa shape index (κ1) is 25.6. The third kappa shape index (κ3) is 6.96. The molecule has 0 radical (unpaired) electrons. The molecule has 3 aromatic rings. The van der Waals surface area contributed by atoms with Gasteiger partial charge in [0.25, 0.3) is 5.91 Å². The Morgan fingerprint density at radius 3 is 2.61 bits per heavy atom. The Balaban J connectivity index is 1.62. The summed E-state index contributed by atoms with van der Waals surface area (Å²) in [5.74, 6) is 0.153. The third-order valence-electron chi connectivity index (χ3n) is 4.68. The summed E-state index contributed by atoms with van der Waals surface area (Å²) in [4.78, 5) is 29.5. The molecule has 0 bridgehead atoms. The molecule has 0 saturated heterocycles. The van der Waals surface area contributed by atoms with Gasteiger partial charge < -0.3 is 10.6 Å². The number of aromatic amines is 1. The van der Waals surface area contributed by atoms with E-state index in [0.717, 1.165) is 15.7 Å². The highest BCUT2D eigenvalue weighted by atomic mass is 79.9. The van der Waals surface area contributed by atoms with E-state index in [4.69, 9.17) is 23.2 Å². The van der Waals surface area contributed by atoms with Crippen molar-refractivity contribution in [3.8, 4) is 0 Å². The van der Waals surface area contributed by atoms with Crippen LogP contribution in [0.2, 0.25) is 10.0 Å². The number of hydrogen-bond acceptors (Lipinski definition) is 5. The maximum atomic E-state index is 12.7. The second-order valence-corrected chi connectivity index (χ2v) is 10.3. The maximum Gasteiger partial charge on any atom is 0.253 e. The Labute approximate surface area is 214 Å². The second-order valence-electron chi connectivity index (χ2n) is 7.62. The summed E-state index contributed by atoms with van der Waals surface area (Å²) < 4.78 is 0.980. The van der Waals surface area contributed by atoms with E-state index in [-0.39, 0.29) is 28.5 Å². The molecule has 0 unspecified atom stereocenters. The second kappa shape index (κ2) is 11.4. The average molecular weight is 571 g/mol. The van der Waals surface area contributed by atoms with E-state index in [1.807, 2.05) is 39.0 Å². The number of hydrogen-bond donors (Lipinski definition) is 3. The molecular formula is C22H22BrCl2N5O2S. The van der Waals surface area contributed by atoms with Gasteiger partial charge in [0.2, 0.25) is 11.1 Å². The van der Waals surface area contributed by atoms with Crippen LogP contribution in [0.4, 0.5) is 5.69 Å². The molecule has 33 heavy (non-hydrogen) atoms. The molecule has 3 rings (SSSR count). The van der Waals surface area contributed by atoms with Gasteiger partial charge in [-0.25, -0.2) is 4.98 Å². The van der Waals surface area contributed by atoms with Crippen molar-refractivity contribution in [1.29, 1.82) is 0 Å². The SMILES string of the molecule is Cc1cc(NC(=O)CSc2n[nH]c([C@H](NC(=O)c3ccc(Cl)cc3Cl)C(C)C)n2)ccc1Br. The first-order chi connectivity index (χ1) is 15.6. The number of nitrogens with zero attached hydrogens (tertiary/aromatic N) is 2. The number of halogens is 3. The largest absolute Gasteiger partial charge is 0.342 e. The Morgan fingerprint density at radius 2 is 1.94 bits per heavy atom. The lowest BCUT2D eigenvalue weighted by atomic mass is 10.0. The monoisotopic (exact) mass is 569 g/mol. The fraction of sp³-hybridized carbons (Fsp3) is 0.273. The zero-order valence-electron chi connectivity index (χ0n) is 18.1. The highest BCUT2D eigenvalue weighted by Gasteiger charge is 2.24. The van der Waals surface area contributed by atoms with Gasteiger partial charge in [-0.05, 0) is 54.8 Å². The van der Waals surface area contributed by atoms with Gasteiger partial charge in [0.15, 0.2) is 0 Å². The van der Waals surface area contributed by atoms with Crippen LogP contribution in [0.15, 0.2) is 46.0 Å². The van der Waals surface area contributed by atoms with Crippen LogP contribution in [0.25, 0.3) is 0 Å². The quantitative estimate of drug-likeness (QED) is 0.287. The van der Waals surface area contributed by atoms with Crippen LogP contribution in [0.1, 0.15) is 41.6 Å². The minimum absolute atomic E-state index is 0.0229. The molecular weight excluding hydrogens is 549 g/mol. The van der Waals surface area contributed by atoms with Crippen LogP contribution in [0.3, 0.4) is 0 Å². The van der Waals surface area contributed by atoms with Gasteiger partial charge in [-0.15, -0.1) is 5.10 Å². The normalized spacial score (nSPS) is 12.0. The van der Waals surface area contributed by atoms with Gasteiger partial charge in [0.1, 0.15) is 5.82 Å². The molecule has 0 saturated carbocycles. The fourth-order valence-electron chi connectivity index (χ4n) is 2.95. The number of carbonyl (C=O) groups is 2. The number of carbonyl (C=O) groups excluding carboxylic acids is 2. The molecule has 3 N–H and O–H groups in total. The molecule has 174 valence electrons. The van der Waals surface area contributed by atoms with E-state index in [1.54, 1.807) is 12.1 Å². The predicted molar refractivity (Wildman–Crippen MR) is 136 cm³/mol. The van der Waals surface area contributed by atoms with Crippen molar-refractivity contribution in [1.82, 2.24) is 20.5 Å². The van der Waals surface area contributed by atoms with Crippen LogP contribution in [0.5, 0.6) is 0 Å². The Kier molecular flexibility index (Phi) is 8.81. The Morgan fingerprint density at radius 1 is 1.18 bits per heavy atom. The number of rotatable bonds is 8. The van der Waals surface area contributed by atoms with Gasteiger partial charge in [-0.3, -0.25) is 14.7 Å². The lowest BCUT2D eigenvalue weighted by molar-refractivity contribution is -0.113. The zero-order chi connectivity index (χ0) is 24.1. The molecule has 0 fully saturated rings. The summed E-state index contributed by atoms with van der Waals surface area (Å²) >= 11 is 16.7. The highest BCUT2D eigenvalue weighted by molar-refractivity contribution is 9.10. The summed E-state index contributed by atoms with van der Waals surface area (Å²) in [7, 11) is 0. The van der Waals surface area contributed by atoms with E-state index in [9.17, 15) is 9.59 Å². The molecule has 0 aliphatic heterocycles. The third-order valence-corrected chi connectivity index (χ3v) is 6.96. The van der Waals surface area contributed by atoms with Crippen molar-refractivity contribution in [3.05, 3.63) is 67.9 Å². The van der Waals surface area contributed by atoms with Gasteiger partial charge >= 0.3 is 0 Å². The van der Waals surface area contributed by atoms with Crippen LogP contribution in [-0.4, -0.2) is 32.7 Å². The van der Waals surface area contributed by atoms with Crippen molar-refractivity contribution in [2.45, 2.75) is 32.0 Å². The lowest BCUT2D eigenvalue weighted by Gasteiger charge is -2.20. The minimum atomic E-state index is -0.425. The van der Waals surface area contributed by atoms with E-state index >= 15 is 0 Å². The van der Waals surface area contributed by atoms with Crippen LogP contribution >= 0.6 is 50.9 Å². The summed E-state index contributed by atoms with van der Waals surface area (Å²) in [6.07, 6.45) is 0. The molecule has 0 aliphatic carbocycles. The number of nitrogens with one attached hydrogen (secondary N) is 3. The molecule has 1 atom stereocenters. The van der Waals surface area contributed by atoms with Crippen molar-refractivity contribution < 1.29 is 9.59 Å². The molecule has 2 aromatic carbocycles. The van der Waals surface area contributed by atoms with Gasteiger partial charge in [-0.1, -0.05) is 64.7 Å². The van der Waals surface area contributed by atoms with E-state index in [2.05, 4.69) is 41.7 Å². The number of thioether (sulfide) groups is 1. The summed E-state index contributed by atoms with van der Waals surface area (Å²) in [6.45, 7) is 5.86. The van der Waals surface area contributed by atoms with Gasteiger partial charge in [0.05, 0.1) is 22.4 Å². The molecule has 1 aromatic heterocycles. The minimum Gasteiger partial charge on any atom is -0.342 e. The van der Waals surface area contributed by atoms with E-state index in [0.29, 0.717) is 21.6 Å². The van der Waals surface area contributed by atoms with Crippen molar-refractivity contribution in [2.24, 2.45) is 5.92 Å². The fourth-order valence-corrected chi connectivity index (χ4v) is 4.30. The molecule has 0 aliphatic rings. The summed E-state index contributed by atoms with van der Waals surface area (Å²) in [5.41, 5.74) is 2.07. The molecule has 7 nitrogen and oxygen atoms in total. The van der Waals surface area contributed by atoms with Gasteiger partial charge in [0, 0.05) is 15.2 Å². The van der Waals surface area contributed by atoms with Gasteiger partial charge in [-0.2, -0.15) is 0 Å². The number of amides is 2.